The minimum atomic E-state index is -4.28. The van der Waals surface area contributed by atoms with Crippen molar-refractivity contribution in [3.05, 3.63) is 65.2 Å². The molecule has 2 N–H and O–H groups in total. The molecule has 174 valence electrons. The molecule has 0 saturated heterocycles. The standard InChI is InChI=1S/C21H18F2N2O7S/c1-3-31-19-17(32-20(24-19)21(27)28)10-14-15(22)8-12(9-16(14)23)13-6-4-5-7-18(13)33(29,30)25-11(2)26/h4-9H,3,10H2,1-2H3,(H,25,26)(H,27,28). The minimum absolute atomic E-state index is 0.0292. The fraction of sp³-hybridized carbons (Fsp3) is 0.190. The van der Waals surface area contributed by atoms with Crippen LogP contribution in [0.15, 0.2) is 45.7 Å². The van der Waals surface area contributed by atoms with Gasteiger partial charge in [0.15, 0.2) is 5.76 Å². The normalized spacial score (nSPS) is 11.3. The number of oxazole rings is 1. The van der Waals surface area contributed by atoms with Crippen LogP contribution in [0, 0.1) is 11.6 Å². The number of ether oxygens (including phenoxy) is 1. The lowest BCUT2D eigenvalue weighted by Crippen LogP contribution is -2.28. The van der Waals surface area contributed by atoms with E-state index in [2.05, 4.69) is 4.98 Å². The number of carbonyl (C=O) groups is 2. The third-order valence-electron chi connectivity index (χ3n) is 4.37. The first-order chi connectivity index (χ1) is 15.5. The maximum absolute atomic E-state index is 14.9. The van der Waals surface area contributed by atoms with Gasteiger partial charge in [0.1, 0.15) is 11.6 Å². The zero-order chi connectivity index (χ0) is 24.3. The van der Waals surface area contributed by atoms with Gasteiger partial charge in [0.2, 0.25) is 5.91 Å². The number of aromatic nitrogens is 1. The quantitative estimate of drug-likeness (QED) is 0.502. The Hall–Kier alpha value is -3.80. The number of carbonyl (C=O) groups excluding carboxylic acids is 1. The van der Waals surface area contributed by atoms with Gasteiger partial charge in [-0.25, -0.2) is 26.7 Å². The van der Waals surface area contributed by atoms with E-state index >= 15 is 0 Å². The minimum Gasteiger partial charge on any atom is -0.475 e. The summed E-state index contributed by atoms with van der Waals surface area (Å²) in [5.74, 6) is -5.45. The molecule has 1 aromatic heterocycles. The van der Waals surface area contributed by atoms with Crippen molar-refractivity contribution >= 4 is 21.9 Å². The third kappa shape index (κ3) is 5.17. The molecule has 3 aromatic rings. The molecule has 1 amide bonds. The third-order valence-corrected chi connectivity index (χ3v) is 5.86. The van der Waals surface area contributed by atoms with Crippen LogP contribution in [0.4, 0.5) is 8.78 Å². The summed E-state index contributed by atoms with van der Waals surface area (Å²) in [6, 6.07) is 7.26. The van der Waals surface area contributed by atoms with Gasteiger partial charge in [-0.3, -0.25) is 4.79 Å². The van der Waals surface area contributed by atoms with Gasteiger partial charge < -0.3 is 14.3 Å². The molecule has 0 spiro atoms. The Balaban J connectivity index is 2.05. The van der Waals surface area contributed by atoms with Crippen LogP contribution in [0.1, 0.15) is 35.9 Å². The zero-order valence-electron chi connectivity index (χ0n) is 17.4. The summed E-state index contributed by atoms with van der Waals surface area (Å²) in [6.07, 6.45) is -0.501. The van der Waals surface area contributed by atoms with Gasteiger partial charge >= 0.3 is 11.9 Å². The number of hydrogen-bond donors (Lipinski definition) is 2. The van der Waals surface area contributed by atoms with Crippen molar-refractivity contribution in [3.63, 3.8) is 0 Å². The number of benzene rings is 2. The van der Waals surface area contributed by atoms with Crippen LogP contribution in [0.2, 0.25) is 0 Å². The molecule has 9 nitrogen and oxygen atoms in total. The number of sulfonamides is 1. The molecule has 0 atom stereocenters. The molecule has 1 heterocycles. The van der Waals surface area contributed by atoms with Gasteiger partial charge in [-0.15, -0.1) is 0 Å². The summed E-state index contributed by atoms with van der Waals surface area (Å²) in [4.78, 5) is 25.7. The number of amides is 1. The van der Waals surface area contributed by atoms with E-state index in [1.807, 2.05) is 4.72 Å². The lowest BCUT2D eigenvalue weighted by atomic mass is 10.0. The highest BCUT2D eigenvalue weighted by Gasteiger charge is 2.25. The highest BCUT2D eigenvalue weighted by Crippen LogP contribution is 2.32. The van der Waals surface area contributed by atoms with E-state index in [0.717, 1.165) is 19.1 Å². The van der Waals surface area contributed by atoms with Crippen molar-refractivity contribution in [1.82, 2.24) is 9.71 Å². The molecule has 2 aromatic carbocycles. The molecular formula is C21H18F2N2O7S. The van der Waals surface area contributed by atoms with E-state index < -0.39 is 51.4 Å². The van der Waals surface area contributed by atoms with Gasteiger partial charge in [0, 0.05) is 24.5 Å². The molecule has 33 heavy (non-hydrogen) atoms. The Kier molecular flexibility index (Phi) is 6.77. The van der Waals surface area contributed by atoms with Gasteiger partial charge in [0.05, 0.1) is 11.5 Å². The number of rotatable bonds is 8. The number of halogens is 2. The summed E-state index contributed by atoms with van der Waals surface area (Å²) in [5.41, 5.74) is -0.583. The largest absolute Gasteiger partial charge is 0.475 e. The molecule has 0 radical (unpaired) electrons. The fourth-order valence-electron chi connectivity index (χ4n) is 3.06. The van der Waals surface area contributed by atoms with Crippen LogP contribution >= 0.6 is 0 Å². The summed E-state index contributed by atoms with van der Waals surface area (Å²) in [7, 11) is -4.28. The summed E-state index contributed by atoms with van der Waals surface area (Å²) in [6.45, 7) is 2.74. The molecule has 0 bridgehead atoms. The number of hydrogen-bond acceptors (Lipinski definition) is 7. The topological polar surface area (TPSA) is 136 Å². The molecule has 0 unspecified atom stereocenters. The van der Waals surface area contributed by atoms with Crippen molar-refractivity contribution < 1.29 is 41.0 Å². The van der Waals surface area contributed by atoms with E-state index in [-0.39, 0.29) is 34.3 Å². The number of nitrogens with one attached hydrogen (secondary N) is 1. The zero-order valence-corrected chi connectivity index (χ0v) is 18.2. The van der Waals surface area contributed by atoms with Crippen molar-refractivity contribution in [2.45, 2.75) is 25.2 Å². The Morgan fingerprint density at radius 2 is 1.82 bits per heavy atom. The molecular weight excluding hydrogens is 462 g/mol. The van der Waals surface area contributed by atoms with Gasteiger partial charge in [-0.2, -0.15) is 4.98 Å². The monoisotopic (exact) mass is 480 g/mol. The molecule has 0 fully saturated rings. The molecule has 0 aliphatic carbocycles. The van der Waals surface area contributed by atoms with E-state index in [0.29, 0.717) is 0 Å². The second kappa shape index (κ2) is 9.36. The van der Waals surface area contributed by atoms with Gasteiger partial charge in [-0.1, -0.05) is 18.2 Å². The predicted octanol–water partition coefficient (Wildman–Crippen LogP) is 3.13. The lowest BCUT2D eigenvalue weighted by Gasteiger charge is -2.13. The lowest BCUT2D eigenvalue weighted by molar-refractivity contribution is -0.117. The first-order valence-electron chi connectivity index (χ1n) is 9.50. The van der Waals surface area contributed by atoms with Crippen LogP contribution in [0.5, 0.6) is 5.88 Å². The molecule has 0 saturated carbocycles. The van der Waals surface area contributed by atoms with Gasteiger partial charge in [0.25, 0.3) is 15.9 Å². The number of aromatic carboxylic acids is 1. The molecule has 12 heteroatoms. The van der Waals surface area contributed by atoms with Crippen LogP contribution in [-0.2, 0) is 21.2 Å². The van der Waals surface area contributed by atoms with E-state index in [4.69, 9.17) is 14.3 Å². The Morgan fingerprint density at radius 1 is 1.18 bits per heavy atom. The Bertz CT molecular complexity index is 1310. The molecule has 0 aliphatic rings. The molecule has 0 aliphatic heterocycles. The van der Waals surface area contributed by atoms with Crippen molar-refractivity contribution in [2.75, 3.05) is 6.61 Å². The maximum atomic E-state index is 14.9. The summed E-state index contributed by atoms with van der Waals surface area (Å²) in [5, 5.41) is 9.04. The van der Waals surface area contributed by atoms with E-state index in [1.165, 1.54) is 24.3 Å². The SMILES string of the molecule is CCOc1nc(C(=O)O)oc1Cc1c(F)cc(-c2ccccc2S(=O)(=O)NC(C)=O)cc1F. The van der Waals surface area contributed by atoms with E-state index in [9.17, 15) is 26.8 Å². The van der Waals surface area contributed by atoms with Crippen LogP contribution in [0.25, 0.3) is 11.1 Å². The van der Waals surface area contributed by atoms with Crippen molar-refractivity contribution in [2.24, 2.45) is 0 Å². The summed E-state index contributed by atoms with van der Waals surface area (Å²) >= 11 is 0. The highest BCUT2D eigenvalue weighted by atomic mass is 32.2. The number of carboxylic acids is 1. The van der Waals surface area contributed by atoms with Crippen LogP contribution in [-0.4, -0.2) is 37.0 Å². The maximum Gasteiger partial charge on any atom is 0.392 e. The first kappa shape index (κ1) is 23.9. The Morgan fingerprint density at radius 3 is 2.39 bits per heavy atom. The fourth-order valence-corrected chi connectivity index (χ4v) is 4.28. The highest BCUT2D eigenvalue weighted by molar-refractivity contribution is 7.90. The average molecular weight is 480 g/mol. The van der Waals surface area contributed by atoms with E-state index in [1.54, 1.807) is 6.92 Å². The van der Waals surface area contributed by atoms with Crippen LogP contribution in [0.3, 0.4) is 0 Å². The second-order valence-electron chi connectivity index (χ2n) is 6.74. The predicted molar refractivity (Wildman–Crippen MR) is 110 cm³/mol. The number of nitrogens with zero attached hydrogens (tertiary/aromatic N) is 1. The van der Waals surface area contributed by atoms with Gasteiger partial charge in [-0.05, 0) is 30.7 Å². The van der Waals surface area contributed by atoms with Crippen molar-refractivity contribution in [1.29, 1.82) is 0 Å². The first-order valence-corrected chi connectivity index (χ1v) is 11.0. The smallest absolute Gasteiger partial charge is 0.392 e. The number of carboxylic acid groups (broad SMARTS) is 1. The van der Waals surface area contributed by atoms with Crippen LogP contribution < -0.4 is 9.46 Å². The Labute approximate surface area is 187 Å². The van der Waals surface area contributed by atoms with Crippen molar-refractivity contribution in [3.8, 4) is 17.0 Å². The second-order valence-corrected chi connectivity index (χ2v) is 8.39. The average Bonchev–Trinajstić information content (AvgIpc) is 3.13. The summed E-state index contributed by atoms with van der Waals surface area (Å²) < 4.78 is 66.9. The molecule has 3 rings (SSSR count).